The molecule has 0 fully saturated rings. The number of pyridine rings is 1. The zero-order valence-electron chi connectivity index (χ0n) is 18.0. The number of aromatic amines is 1. The Bertz CT molecular complexity index is 1370. The largest absolute Gasteiger partial charge is 0.497 e. The minimum Gasteiger partial charge on any atom is -0.497 e. The molecule has 5 aromatic rings. The standard InChI is InChI=1S/C26H24N4O2/c1-17(26(31)28-15-18-7-4-3-5-8-18)30-16-22(21-14-20(32-2)10-11-24(21)30)23-13-19-9-6-12-27-25(19)29-23/h3-14,16-17H,15H2,1-2H3,(H,27,29)(H,28,31). The first kappa shape index (κ1) is 19.9. The van der Waals surface area contributed by atoms with Crippen molar-refractivity contribution >= 4 is 27.8 Å². The van der Waals surface area contributed by atoms with Gasteiger partial charge in [0.15, 0.2) is 0 Å². The zero-order chi connectivity index (χ0) is 22.1. The van der Waals surface area contributed by atoms with Crippen LogP contribution in [0, 0.1) is 0 Å². The minimum absolute atomic E-state index is 0.0357. The van der Waals surface area contributed by atoms with Gasteiger partial charge in [0.1, 0.15) is 17.4 Å². The molecule has 0 aliphatic heterocycles. The Balaban J connectivity index is 1.53. The van der Waals surface area contributed by atoms with Gasteiger partial charge in [-0.3, -0.25) is 4.79 Å². The first-order chi connectivity index (χ1) is 15.6. The molecule has 0 bridgehead atoms. The van der Waals surface area contributed by atoms with Crippen molar-refractivity contribution in [2.45, 2.75) is 19.5 Å². The Morgan fingerprint density at radius 2 is 1.97 bits per heavy atom. The van der Waals surface area contributed by atoms with E-state index >= 15 is 0 Å². The van der Waals surface area contributed by atoms with Crippen molar-refractivity contribution in [2.75, 3.05) is 7.11 Å². The lowest BCUT2D eigenvalue weighted by atomic mass is 10.1. The van der Waals surface area contributed by atoms with E-state index in [0.717, 1.165) is 44.5 Å². The maximum Gasteiger partial charge on any atom is 0.243 e. The summed E-state index contributed by atoms with van der Waals surface area (Å²) in [6, 6.07) is 21.5. The smallest absolute Gasteiger partial charge is 0.243 e. The average molecular weight is 425 g/mol. The number of carbonyl (C=O) groups is 1. The van der Waals surface area contributed by atoms with Crippen LogP contribution >= 0.6 is 0 Å². The van der Waals surface area contributed by atoms with Gasteiger partial charge in [0.05, 0.1) is 7.11 Å². The van der Waals surface area contributed by atoms with Gasteiger partial charge < -0.3 is 19.6 Å². The second-order valence-electron chi connectivity index (χ2n) is 7.84. The molecule has 2 aromatic carbocycles. The SMILES string of the molecule is COc1ccc2c(c1)c(-c1cc3cccnc3[nH]1)cn2C(C)C(=O)NCc1ccccc1. The molecule has 6 nitrogen and oxygen atoms in total. The molecule has 5 rings (SSSR count). The number of rotatable bonds is 6. The lowest BCUT2D eigenvalue weighted by Crippen LogP contribution is -2.30. The molecule has 0 aliphatic carbocycles. The molecule has 0 spiro atoms. The molecule has 0 saturated carbocycles. The Hall–Kier alpha value is -4.06. The highest BCUT2D eigenvalue weighted by atomic mass is 16.5. The third kappa shape index (κ3) is 3.60. The summed E-state index contributed by atoms with van der Waals surface area (Å²) in [4.78, 5) is 20.8. The Kier molecular flexibility index (Phi) is 5.11. The second kappa shape index (κ2) is 8.23. The van der Waals surface area contributed by atoms with Crippen LogP contribution in [0.3, 0.4) is 0 Å². The Morgan fingerprint density at radius 3 is 2.75 bits per heavy atom. The van der Waals surface area contributed by atoms with Crippen LogP contribution in [0.5, 0.6) is 5.75 Å². The first-order valence-corrected chi connectivity index (χ1v) is 10.6. The minimum atomic E-state index is -0.383. The van der Waals surface area contributed by atoms with Crippen LogP contribution in [-0.4, -0.2) is 27.6 Å². The predicted octanol–water partition coefficient (Wildman–Crippen LogP) is 5.07. The van der Waals surface area contributed by atoms with Gasteiger partial charge in [-0.2, -0.15) is 0 Å². The molecule has 0 aliphatic rings. The van der Waals surface area contributed by atoms with Gasteiger partial charge in [-0.25, -0.2) is 4.98 Å². The zero-order valence-corrected chi connectivity index (χ0v) is 18.0. The molecule has 0 radical (unpaired) electrons. The van der Waals surface area contributed by atoms with Crippen molar-refractivity contribution in [1.29, 1.82) is 0 Å². The number of amides is 1. The molecule has 0 saturated heterocycles. The number of fused-ring (bicyclic) bond motifs is 2. The third-order valence-corrected chi connectivity index (χ3v) is 5.83. The maximum absolute atomic E-state index is 13.0. The average Bonchev–Trinajstić information content (AvgIpc) is 3.43. The topological polar surface area (TPSA) is 71.9 Å². The monoisotopic (exact) mass is 424 g/mol. The number of H-pyrrole nitrogens is 1. The fourth-order valence-corrected chi connectivity index (χ4v) is 4.06. The highest BCUT2D eigenvalue weighted by molar-refractivity contribution is 5.99. The number of aromatic nitrogens is 3. The number of nitrogens with zero attached hydrogens (tertiary/aromatic N) is 2. The number of benzene rings is 2. The van der Waals surface area contributed by atoms with E-state index in [1.807, 2.05) is 78.4 Å². The summed E-state index contributed by atoms with van der Waals surface area (Å²) in [5.74, 6) is 0.735. The van der Waals surface area contributed by atoms with E-state index in [9.17, 15) is 4.79 Å². The number of carbonyl (C=O) groups excluding carboxylic acids is 1. The molecule has 32 heavy (non-hydrogen) atoms. The quantitative estimate of drug-likeness (QED) is 0.400. The van der Waals surface area contributed by atoms with E-state index in [4.69, 9.17) is 4.74 Å². The number of hydrogen-bond donors (Lipinski definition) is 2. The molecule has 1 amide bonds. The number of ether oxygens (including phenoxy) is 1. The summed E-state index contributed by atoms with van der Waals surface area (Å²) in [7, 11) is 1.66. The summed E-state index contributed by atoms with van der Waals surface area (Å²) in [6.45, 7) is 2.41. The third-order valence-electron chi connectivity index (χ3n) is 5.83. The van der Waals surface area contributed by atoms with E-state index in [0.29, 0.717) is 6.54 Å². The van der Waals surface area contributed by atoms with Crippen molar-refractivity contribution in [3.05, 3.63) is 84.7 Å². The molecule has 160 valence electrons. The summed E-state index contributed by atoms with van der Waals surface area (Å²) in [5.41, 5.74) is 4.82. The molecule has 3 heterocycles. The van der Waals surface area contributed by atoms with Crippen LogP contribution in [0.1, 0.15) is 18.5 Å². The first-order valence-electron chi connectivity index (χ1n) is 10.6. The van der Waals surface area contributed by atoms with Gasteiger partial charge in [-0.15, -0.1) is 0 Å². The molecular formula is C26H24N4O2. The lowest BCUT2D eigenvalue weighted by Gasteiger charge is -2.15. The van der Waals surface area contributed by atoms with Crippen LogP contribution in [0.15, 0.2) is 79.1 Å². The number of nitrogens with one attached hydrogen (secondary N) is 2. The van der Waals surface area contributed by atoms with E-state index in [1.165, 1.54) is 0 Å². The van der Waals surface area contributed by atoms with Gasteiger partial charge in [0.2, 0.25) is 5.91 Å². The van der Waals surface area contributed by atoms with Crippen LogP contribution in [-0.2, 0) is 11.3 Å². The van der Waals surface area contributed by atoms with Gasteiger partial charge in [-0.1, -0.05) is 30.3 Å². The molecule has 1 atom stereocenters. The molecular weight excluding hydrogens is 400 g/mol. The Labute approximate surface area is 185 Å². The van der Waals surface area contributed by atoms with Crippen molar-refractivity contribution < 1.29 is 9.53 Å². The van der Waals surface area contributed by atoms with E-state index in [2.05, 4.69) is 21.4 Å². The highest BCUT2D eigenvalue weighted by Crippen LogP contribution is 2.35. The molecule has 2 N–H and O–H groups in total. The molecule has 6 heteroatoms. The number of hydrogen-bond acceptors (Lipinski definition) is 3. The van der Waals surface area contributed by atoms with Crippen LogP contribution in [0.4, 0.5) is 0 Å². The van der Waals surface area contributed by atoms with E-state index in [1.54, 1.807) is 13.3 Å². The Morgan fingerprint density at radius 1 is 1.12 bits per heavy atom. The maximum atomic E-state index is 13.0. The molecule has 3 aromatic heterocycles. The fraction of sp³-hybridized carbons (Fsp3) is 0.154. The normalized spacial score (nSPS) is 12.2. The van der Waals surface area contributed by atoms with Gasteiger partial charge in [-0.05, 0) is 48.9 Å². The van der Waals surface area contributed by atoms with Crippen molar-refractivity contribution in [1.82, 2.24) is 19.9 Å². The van der Waals surface area contributed by atoms with Crippen LogP contribution in [0.25, 0.3) is 33.2 Å². The number of methoxy groups -OCH3 is 1. The predicted molar refractivity (Wildman–Crippen MR) is 127 cm³/mol. The van der Waals surface area contributed by atoms with Gasteiger partial charge in [0, 0.05) is 46.5 Å². The highest BCUT2D eigenvalue weighted by Gasteiger charge is 2.21. The van der Waals surface area contributed by atoms with Crippen molar-refractivity contribution in [3.8, 4) is 17.0 Å². The van der Waals surface area contributed by atoms with Crippen LogP contribution in [0.2, 0.25) is 0 Å². The summed E-state index contributed by atoms with van der Waals surface area (Å²) >= 11 is 0. The second-order valence-corrected chi connectivity index (χ2v) is 7.84. The van der Waals surface area contributed by atoms with Gasteiger partial charge >= 0.3 is 0 Å². The fourth-order valence-electron chi connectivity index (χ4n) is 4.06. The summed E-state index contributed by atoms with van der Waals surface area (Å²) < 4.78 is 7.48. The van der Waals surface area contributed by atoms with Crippen molar-refractivity contribution in [2.24, 2.45) is 0 Å². The van der Waals surface area contributed by atoms with E-state index in [-0.39, 0.29) is 11.9 Å². The molecule has 1 unspecified atom stereocenters. The van der Waals surface area contributed by atoms with Gasteiger partial charge in [0.25, 0.3) is 0 Å². The summed E-state index contributed by atoms with van der Waals surface area (Å²) in [5, 5.41) is 5.11. The van der Waals surface area contributed by atoms with E-state index < -0.39 is 0 Å². The van der Waals surface area contributed by atoms with Crippen LogP contribution < -0.4 is 10.1 Å². The lowest BCUT2D eigenvalue weighted by molar-refractivity contribution is -0.123. The summed E-state index contributed by atoms with van der Waals surface area (Å²) in [6.07, 6.45) is 3.80. The van der Waals surface area contributed by atoms with Crippen molar-refractivity contribution in [3.63, 3.8) is 0 Å².